The molecular formula is C19H22N4O2S2. The molecule has 0 amide bonds. The van der Waals surface area contributed by atoms with Crippen LogP contribution in [0.2, 0.25) is 0 Å². The van der Waals surface area contributed by atoms with Crippen molar-refractivity contribution in [3.8, 4) is 0 Å². The minimum atomic E-state index is -3.51. The third-order valence-corrected chi connectivity index (χ3v) is 7.03. The van der Waals surface area contributed by atoms with Crippen molar-refractivity contribution in [2.45, 2.75) is 23.9 Å². The molecular weight excluding hydrogens is 380 g/mol. The molecule has 0 saturated carbocycles. The first-order valence-corrected chi connectivity index (χ1v) is 11.2. The first kappa shape index (κ1) is 19.6. The highest BCUT2D eigenvalue weighted by atomic mass is 32.2. The van der Waals surface area contributed by atoms with Crippen molar-refractivity contribution in [3.63, 3.8) is 0 Å². The van der Waals surface area contributed by atoms with E-state index in [1.807, 2.05) is 50.3 Å². The summed E-state index contributed by atoms with van der Waals surface area (Å²) in [5.41, 5.74) is 1.76. The van der Waals surface area contributed by atoms with Gasteiger partial charge in [0, 0.05) is 25.0 Å². The molecule has 0 spiro atoms. The molecule has 8 heteroatoms. The Morgan fingerprint density at radius 1 is 1.07 bits per heavy atom. The fourth-order valence-corrected chi connectivity index (χ4v) is 4.87. The van der Waals surface area contributed by atoms with Gasteiger partial charge < -0.3 is 0 Å². The van der Waals surface area contributed by atoms with Crippen molar-refractivity contribution < 1.29 is 8.42 Å². The zero-order valence-electron chi connectivity index (χ0n) is 15.3. The number of hydrogen-bond acceptors (Lipinski definition) is 5. The van der Waals surface area contributed by atoms with E-state index >= 15 is 0 Å². The van der Waals surface area contributed by atoms with Crippen LogP contribution in [0.4, 0.5) is 0 Å². The minimum Gasteiger partial charge on any atom is -0.276 e. The number of fused-ring (bicyclic) bond motifs is 1. The molecule has 2 aromatic heterocycles. The summed E-state index contributed by atoms with van der Waals surface area (Å²) in [7, 11) is -3.51. The molecule has 0 aliphatic heterocycles. The highest BCUT2D eigenvalue weighted by molar-refractivity contribution is 7.99. The molecule has 1 aromatic carbocycles. The predicted molar refractivity (Wildman–Crippen MR) is 109 cm³/mol. The van der Waals surface area contributed by atoms with Crippen LogP contribution in [-0.2, 0) is 10.0 Å². The van der Waals surface area contributed by atoms with Crippen LogP contribution >= 0.6 is 11.8 Å². The van der Waals surface area contributed by atoms with E-state index in [1.54, 1.807) is 22.7 Å². The Kier molecular flexibility index (Phi) is 6.30. The Balaban J connectivity index is 1.80. The second kappa shape index (κ2) is 8.69. The van der Waals surface area contributed by atoms with Gasteiger partial charge in [-0.25, -0.2) is 8.42 Å². The molecule has 6 nitrogen and oxygen atoms in total. The lowest BCUT2D eigenvalue weighted by atomic mass is 10.2. The van der Waals surface area contributed by atoms with Crippen molar-refractivity contribution in [3.05, 3.63) is 60.3 Å². The zero-order valence-corrected chi connectivity index (χ0v) is 16.9. The summed E-state index contributed by atoms with van der Waals surface area (Å²) in [6.45, 7) is 4.54. The Hall–Kier alpha value is -2.16. The van der Waals surface area contributed by atoms with E-state index in [2.05, 4.69) is 16.3 Å². The number of sulfonamides is 1. The monoisotopic (exact) mass is 402 g/mol. The van der Waals surface area contributed by atoms with E-state index in [0.717, 1.165) is 5.56 Å². The van der Waals surface area contributed by atoms with Crippen molar-refractivity contribution in [2.24, 2.45) is 0 Å². The lowest BCUT2D eigenvalue weighted by molar-refractivity contribution is 0.445. The number of benzene rings is 1. The lowest BCUT2D eigenvalue weighted by Crippen LogP contribution is -2.30. The number of hydrogen-bond donors (Lipinski definition) is 0. The summed E-state index contributed by atoms with van der Waals surface area (Å²) < 4.78 is 28.7. The molecule has 142 valence electrons. The maximum atomic E-state index is 12.7. The SMILES string of the molecule is CCN(CC)S(=O)(=O)c1ccc2nnc(SC/C=C/c3ccccc3)n2c1. The van der Waals surface area contributed by atoms with Crippen molar-refractivity contribution in [1.29, 1.82) is 0 Å². The van der Waals surface area contributed by atoms with Gasteiger partial charge in [-0.15, -0.1) is 10.2 Å². The van der Waals surface area contributed by atoms with Gasteiger partial charge in [0.25, 0.3) is 0 Å². The molecule has 27 heavy (non-hydrogen) atoms. The van der Waals surface area contributed by atoms with Crippen molar-refractivity contribution in [2.75, 3.05) is 18.8 Å². The first-order chi connectivity index (χ1) is 13.1. The standard InChI is InChI=1S/C19H22N4O2S2/c1-3-22(4-2)27(24,25)17-12-13-18-20-21-19(23(18)15-17)26-14-8-11-16-9-6-5-7-10-16/h5-13,15H,3-4,14H2,1-2H3/b11-8+. The minimum absolute atomic E-state index is 0.250. The maximum absolute atomic E-state index is 12.7. The summed E-state index contributed by atoms with van der Waals surface area (Å²) in [6, 6.07) is 13.3. The van der Waals surface area contributed by atoms with Crippen LogP contribution in [-0.4, -0.2) is 46.2 Å². The number of nitrogens with zero attached hydrogens (tertiary/aromatic N) is 4. The van der Waals surface area contributed by atoms with Crippen LogP contribution in [0.25, 0.3) is 11.7 Å². The van der Waals surface area contributed by atoms with Gasteiger partial charge >= 0.3 is 0 Å². The Morgan fingerprint density at radius 3 is 2.52 bits per heavy atom. The average molecular weight is 403 g/mol. The molecule has 0 aliphatic carbocycles. The van der Waals surface area contributed by atoms with Crippen molar-refractivity contribution >= 4 is 33.5 Å². The third-order valence-electron chi connectivity index (χ3n) is 4.11. The quantitative estimate of drug-likeness (QED) is 0.539. The van der Waals surface area contributed by atoms with Gasteiger partial charge in [-0.3, -0.25) is 4.40 Å². The molecule has 3 rings (SSSR count). The third kappa shape index (κ3) is 4.40. The van der Waals surface area contributed by atoms with Crippen LogP contribution < -0.4 is 0 Å². The molecule has 0 aliphatic rings. The topological polar surface area (TPSA) is 67.6 Å². The molecule has 0 radical (unpaired) electrons. The Bertz CT molecular complexity index is 1030. The van der Waals surface area contributed by atoms with Crippen LogP contribution in [0, 0.1) is 0 Å². The van der Waals surface area contributed by atoms with Gasteiger partial charge in [-0.1, -0.05) is 68.1 Å². The summed E-state index contributed by atoms with van der Waals surface area (Å²) in [5, 5.41) is 8.97. The molecule has 0 saturated heterocycles. The fraction of sp³-hybridized carbons (Fsp3) is 0.263. The van der Waals surface area contributed by atoms with Crippen LogP contribution in [0.3, 0.4) is 0 Å². The maximum Gasteiger partial charge on any atom is 0.244 e. The van der Waals surface area contributed by atoms with E-state index in [9.17, 15) is 8.42 Å². The molecule has 3 aromatic rings. The number of pyridine rings is 1. The largest absolute Gasteiger partial charge is 0.276 e. The van der Waals surface area contributed by atoms with Crippen LogP contribution in [0.1, 0.15) is 19.4 Å². The highest BCUT2D eigenvalue weighted by Crippen LogP contribution is 2.21. The normalized spacial score (nSPS) is 12.4. The summed E-state index contributed by atoms with van der Waals surface area (Å²) in [5.74, 6) is 0.711. The van der Waals surface area contributed by atoms with Crippen LogP contribution in [0.15, 0.2) is 64.8 Å². The smallest absolute Gasteiger partial charge is 0.244 e. The second-order valence-electron chi connectivity index (χ2n) is 5.79. The van der Waals surface area contributed by atoms with Crippen molar-refractivity contribution in [1.82, 2.24) is 18.9 Å². The summed E-state index contributed by atoms with van der Waals surface area (Å²) in [4.78, 5) is 0.250. The summed E-state index contributed by atoms with van der Waals surface area (Å²) >= 11 is 1.51. The molecule has 2 heterocycles. The van der Waals surface area contributed by atoms with Gasteiger partial charge in [0.2, 0.25) is 10.0 Å². The number of aromatic nitrogens is 3. The average Bonchev–Trinajstić information content (AvgIpc) is 3.09. The fourth-order valence-electron chi connectivity index (χ4n) is 2.68. The van der Waals surface area contributed by atoms with Gasteiger partial charge in [0.1, 0.15) is 0 Å². The molecule has 0 fully saturated rings. The lowest BCUT2D eigenvalue weighted by Gasteiger charge is -2.18. The molecule has 0 unspecified atom stereocenters. The van der Waals surface area contributed by atoms with E-state index in [-0.39, 0.29) is 4.90 Å². The van der Waals surface area contributed by atoms with E-state index in [0.29, 0.717) is 29.6 Å². The number of thioether (sulfide) groups is 1. The van der Waals surface area contributed by atoms with Gasteiger partial charge in [-0.2, -0.15) is 4.31 Å². The van der Waals surface area contributed by atoms with Gasteiger partial charge in [0.15, 0.2) is 10.8 Å². The van der Waals surface area contributed by atoms with E-state index in [1.165, 1.54) is 16.1 Å². The Morgan fingerprint density at radius 2 is 1.81 bits per heavy atom. The molecule has 0 atom stereocenters. The molecule has 0 bridgehead atoms. The highest BCUT2D eigenvalue weighted by Gasteiger charge is 2.22. The van der Waals surface area contributed by atoms with E-state index in [4.69, 9.17) is 0 Å². The Labute approximate surface area is 164 Å². The predicted octanol–water partition coefficient (Wildman–Crippen LogP) is 3.57. The van der Waals surface area contributed by atoms with Gasteiger partial charge in [-0.05, 0) is 17.7 Å². The zero-order chi connectivity index (χ0) is 19.3. The summed E-state index contributed by atoms with van der Waals surface area (Å²) in [6.07, 6.45) is 5.70. The first-order valence-electron chi connectivity index (χ1n) is 8.75. The molecule has 0 N–H and O–H groups in total. The number of rotatable bonds is 8. The van der Waals surface area contributed by atoms with E-state index < -0.39 is 10.0 Å². The van der Waals surface area contributed by atoms with Crippen LogP contribution in [0.5, 0.6) is 0 Å². The van der Waals surface area contributed by atoms with Gasteiger partial charge in [0.05, 0.1) is 4.90 Å². The second-order valence-corrected chi connectivity index (χ2v) is 8.71.